The molecule has 0 atom stereocenters. The average molecular weight is 155 g/mol. The molecule has 0 amide bonds. The Morgan fingerprint density at radius 2 is 2.40 bits per heavy atom. The van der Waals surface area contributed by atoms with Gasteiger partial charge in [-0.05, 0) is 6.92 Å². The van der Waals surface area contributed by atoms with Crippen molar-refractivity contribution in [2.24, 2.45) is 12.8 Å². The molecular formula is C6H9N3S. The maximum absolute atomic E-state index is 5.41. The highest BCUT2D eigenvalue weighted by molar-refractivity contribution is 7.80. The standard InChI is InChI=1S/C6H9N3S/c1-4-5(6(7)10)3-9(2)8-4/h3H,1-2H3,(H2,7,10). The molecule has 1 aromatic heterocycles. The second-order valence-corrected chi connectivity index (χ2v) is 2.61. The molecule has 0 aliphatic carbocycles. The molecule has 0 aliphatic heterocycles. The second-order valence-electron chi connectivity index (χ2n) is 2.17. The number of rotatable bonds is 1. The first-order valence-corrected chi connectivity index (χ1v) is 3.32. The summed E-state index contributed by atoms with van der Waals surface area (Å²) in [7, 11) is 1.84. The molecule has 0 radical (unpaired) electrons. The molecule has 0 fully saturated rings. The summed E-state index contributed by atoms with van der Waals surface area (Å²) in [5, 5.41) is 4.08. The Balaban J connectivity index is 3.15. The van der Waals surface area contributed by atoms with Gasteiger partial charge in [0.2, 0.25) is 0 Å². The summed E-state index contributed by atoms with van der Waals surface area (Å²) >= 11 is 4.79. The van der Waals surface area contributed by atoms with Crippen LogP contribution >= 0.6 is 12.2 Å². The first-order valence-electron chi connectivity index (χ1n) is 2.91. The first-order chi connectivity index (χ1) is 4.61. The SMILES string of the molecule is Cc1nn(C)cc1C(N)=S. The number of nitrogens with two attached hydrogens (primary N) is 1. The Labute approximate surface area is 64.8 Å². The van der Waals surface area contributed by atoms with Crippen LogP contribution in [0.3, 0.4) is 0 Å². The van der Waals surface area contributed by atoms with Crippen LogP contribution in [0.1, 0.15) is 11.3 Å². The minimum atomic E-state index is 0.408. The van der Waals surface area contributed by atoms with Crippen molar-refractivity contribution in [2.45, 2.75) is 6.92 Å². The van der Waals surface area contributed by atoms with E-state index in [1.165, 1.54) is 0 Å². The molecule has 0 aromatic carbocycles. The molecule has 0 aliphatic rings. The smallest absolute Gasteiger partial charge is 0.107 e. The summed E-state index contributed by atoms with van der Waals surface area (Å²) in [6.45, 7) is 1.88. The van der Waals surface area contributed by atoms with Crippen LogP contribution in [-0.2, 0) is 7.05 Å². The highest BCUT2D eigenvalue weighted by Gasteiger charge is 2.03. The Bertz CT molecular complexity index is 264. The lowest BCUT2D eigenvalue weighted by molar-refractivity contribution is 0.756. The molecule has 0 bridgehead atoms. The lowest BCUT2D eigenvalue weighted by Crippen LogP contribution is -2.09. The van der Waals surface area contributed by atoms with Crippen molar-refractivity contribution >= 4 is 17.2 Å². The van der Waals surface area contributed by atoms with Crippen LogP contribution in [0.15, 0.2) is 6.20 Å². The number of nitrogens with zero attached hydrogens (tertiary/aromatic N) is 2. The fraction of sp³-hybridized carbons (Fsp3) is 0.333. The summed E-state index contributed by atoms with van der Waals surface area (Å²) < 4.78 is 1.70. The van der Waals surface area contributed by atoms with Gasteiger partial charge in [-0.1, -0.05) is 12.2 Å². The third-order valence-corrected chi connectivity index (χ3v) is 1.50. The second kappa shape index (κ2) is 2.38. The van der Waals surface area contributed by atoms with Gasteiger partial charge in [-0.3, -0.25) is 4.68 Å². The quantitative estimate of drug-likeness (QED) is 0.596. The van der Waals surface area contributed by atoms with Crippen molar-refractivity contribution < 1.29 is 0 Å². The molecule has 4 heteroatoms. The van der Waals surface area contributed by atoms with Crippen LogP contribution in [-0.4, -0.2) is 14.8 Å². The molecule has 0 saturated carbocycles. The van der Waals surface area contributed by atoms with Gasteiger partial charge in [0.15, 0.2) is 0 Å². The van der Waals surface area contributed by atoms with Gasteiger partial charge < -0.3 is 5.73 Å². The zero-order valence-corrected chi connectivity index (χ0v) is 6.77. The number of aromatic nitrogens is 2. The van der Waals surface area contributed by atoms with Gasteiger partial charge in [0, 0.05) is 18.8 Å². The maximum atomic E-state index is 5.41. The summed E-state index contributed by atoms with van der Waals surface area (Å²) in [6, 6.07) is 0. The van der Waals surface area contributed by atoms with Crippen LogP contribution in [0.5, 0.6) is 0 Å². The van der Waals surface area contributed by atoms with Gasteiger partial charge >= 0.3 is 0 Å². The predicted octanol–water partition coefficient (Wildman–Crippen LogP) is 0.363. The number of thiocarbonyl (C=S) groups is 1. The van der Waals surface area contributed by atoms with Crippen LogP contribution < -0.4 is 5.73 Å². The van der Waals surface area contributed by atoms with Gasteiger partial charge in [0.05, 0.1) is 5.69 Å². The van der Waals surface area contributed by atoms with Crippen molar-refractivity contribution in [1.82, 2.24) is 9.78 Å². The highest BCUT2D eigenvalue weighted by Crippen LogP contribution is 2.02. The predicted molar refractivity (Wildman–Crippen MR) is 43.8 cm³/mol. The third-order valence-electron chi connectivity index (χ3n) is 1.28. The molecule has 2 N–H and O–H groups in total. The zero-order chi connectivity index (χ0) is 7.72. The minimum Gasteiger partial charge on any atom is -0.389 e. The fourth-order valence-electron chi connectivity index (χ4n) is 0.842. The topological polar surface area (TPSA) is 43.8 Å². The van der Waals surface area contributed by atoms with Crippen LogP contribution in [0, 0.1) is 6.92 Å². The Morgan fingerprint density at radius 1 is 1.80 bits per heavy atom. The van der Waals surface area contributed by atoms with E-state index in [0.717, 1.165) is 11.3 Å². The Kier molecular flexibility index (Phi) is 1.72. The molecule has 1 heterocycles. The van der Waals surface area contributed by atoms with Crippen molar-refractivity contribution in [3.05, 3.63) is 17.5 Å². The van der Waals surface area contributed by atoms with Gasteiger partial charge in [0.25, 0.3) is 0 Å². The molecule has 10 heavy (non-hydrogen) atoms. The molecule has 1 aromatic rings. The monoisotopic (exact) mass is 155 g/mol. The molecular weight excluding hydrogens is 146 g/mol. The van der Waals surface area contributed by atoms with Crippen LogP contribution in [0.25, 0.3) is 0 Å². The van der Waals surface area contributed by atoms with Gasteiger partial charge in [0.1, 0.15) is 4.99 Å². The fourth-order valence-corrected chi connectivity index (χ4v) is 1.04. The van der Waals surface area contributed by atoms with Gasteiger partial charge in [-0.25, -0.2) is 0 Å². The summed E-state index contributed by atoms with van der Waals surface area (Å²) in [4.78, 5) is 0.408. The van der Waals surface area contributed by atoms with Crippen molar-refractivity contribution in [3.63, 3.8) is 0 Å². The summed E-state index contributed by atoms with van der Waals surface area (Å²) in [5.74, 6) is 0. The summed E-state index contributed by atoms with van der Waals surface area (Å²) in [5.41, 5.74) is 7.15. The largest absolute Gasteiger partial charge is 0.389 e. The van der Waals surface area contributed by atoms with E-state index in [-0.39, 0.29) is 0 Å². The zero-order valence-electron chi connectivity index (χ0n) is 5.96. The molecule has 0 saturated heterocycles. The molecule has 3 nitrogen and oxygen atoms in total. The average Bonchev–Trinajstić information content (AvgIpc) is 2.10. The van der Waals surface area contributed by atoms with E-state index in [2.05, 4.69) is 5.10 Å². The third kappa shape index (κ3) is 1.16. The number of hydrogen-bond donors (Lipinski definition) is 1. The van der Waals surface area contributed by atoms with E-state index in [1.807, 2.05) is 20.2 Å². The lowest BCUT2D eigenvalue weighted by atomic mass is 10.3. The van der Waals surface area contributed by atoms with Crippen molar-refractivity contribution in [1.29, 1.82) is 0 Å². The number of hydrogen-bond acceptors (Lipinski definition) is 2. The van der Waals surface area contributed by atoms with Gasteiger partial charge in [-0.2, -0.15) is 5.10 Å². The summed E-state index contributed by atoms with van der Waals surface area (Å²) in [6.07, 6.45) is 1.82. The van der Waals surface area contributed by atoms with E-state index < -0.39 is 0 Å². The number of aryl methyl sites for hydroxylation is 2. The van der Waals surface area contributed by atoms with Crippen LogP contribution in [0.4, 0.5) is 0 Å². The van der Waals surface area contributed by atoms with E-state index in [9.17, 15) is 0 Å². The maximum Gasteiger partial charge on any atom is 0.107 e. The van der Waals surface area contributed by atoms with Gasteiger partial charge in [-0.15, -0.1) is 0 Å². The highest BCUT2D eigenvalue weighted by atomic mass is 32.1. The van der Waals surface area contributed by atoms with Crippen LogP contribution in [0.2, 0.25) is 0 Å². The van der Waals surface area contributed by atoms with Crippen molar-refractivity contribution in [3.8, 4) is 0 Å². The minimum absolute atomic E-state index is 0.408. The van der Waals surface area contributed by atoms with E-state index in [1.54, 1.807) is 4.68 Å². The molecule has 0 unspecified atom stereocenters. The lowest BCUT2D eigenvalue weighted by Gasteiger charge is -1.89. The van der Waals surface area contributed by atoms with E-state index >= 15 is 0 Å². The Morgan fingerprint density at radius 3 is 2.60 bits per heavy atom. The van der Waals surface area contributed by atoms with Crippen molar-refractivity contribution in [2.75, 3.05) is 0 Å². The first kappa shape index (κ1) is 7.21. The molecule has 0 spiro atoms. The van der Waals surface area contributed by atoms with E-state index in [4.69, 9.17) is 18.0 Å². The molecule has 54 valence electrons. The normalized spacial score (nSPS) is 9.80. The Hall–Kier alpha value is -0.900. The molecule has 1 rings (SSSR count). The van der Waals surface area contributed by atoms with E-state index in [0.29, 0.717) is 4.99 Å².